The Bertz CT molecular complexity index is 403. The summed E-state index contributed by atoms with van der Waals surface area (Å²) in [6, 6.07) is 0. The van der Waals surface area contributed by atoms with E-state index in [0.29, 0.717) is 12.5 Å². The third-order valence-electron chi connectivity index (χ3n) is 3.98. The molecule has 0 aliphatic carbocycles. The predicted octanol–water partition coefficient (Wildman–Crippen LogP) is 1.74. The van der Waals surface area contributed by atoms with E-state index in [1.165, 1.54) is 6.42 Å². The van der Waals surface area contributed by atoms with Gasteiger partial charge in [-0.25, -0.2) is 4.98 Å². The number of aromatic nitrogens is 1. The first-order chi connectivity index (χ1) is 8.78. The Morgan fingerprint density at radius 3 is 3.17 bits per heavy atom. The largest absolute Gasteiger partial charge is 0.375 e. The van der Waals surface area contributed by atoms with Crippen molar-refractivity contribution in [2.75, 3.05) is 26.3 Å². The molecule has 0 amide bonds. The molecule has 1 spiro atoms. The van der Waals surface area contributed by atoms with Crippen molar-refractivity contribution in [1.82, 2.24) is 10.3 Å². The van der Waals surface area contributed by atoms with Crippen LogP contribution < -0.4 is 5.32 Å². The maximum atomic E-state index is 5.88. The fraction of sp³-hybridized carbons (Fsp3) is 0.769. The van der Waals surface area contributed by atoms with Crippen LogP contribution in [-0.2, 0) is 16.1 Å². The number of hydrogen-bond donors (Lipinski definition) is 1. The number of ether oxygens (including phenoxy) is 2. The summed E-state index contributed by atoms with van der Waals surface area (Å²) in [6.07, 6.45) is 2.28. The summed E-state index contributed by atoms with van der Waals surface area (Å²) in [6.45, 7) is 6.43. The number of hydrogen-bond acceptors (Lipinski definition) is 5. The second-order valence-electron chi connectivity index (χ2n) is 5.20. The number of thiazole rings is 1. The SMILES string of the molecule is Cc1nc(COCCC2CCOC23CNC3)cs1. The molecule has 0 radical (unpaired) electrons. The van der Waals surface area contributed by atoms with Crippen molar-refractivity contribution >= 4 is 11.3 Å². The number of nitrogens with one attached hydrogen (secondary N) is 1. The molecule has 2 aliphatic heterocycles. The zero-order valence-corrected chi connectivity index (χ0v) is 11.6. The Morgan fingerprint density at radius 1 is 1.61 bits per heavy atom. The van der Waals surface area contributed by atoms with E-state index in [2.05, 4.69) is 15.7 Å². The van der Waals surface area contributed by atoms with Gasteiger partial charge in [0.15, 0.2) is 0 Å². The minimum atomic E-state index is 0.139. The lowest BCUT2D eigenvalue weighted by Crippen LogP contribution is -2.62. The van der Waals surface area contributed by atoms with Gasteiger partial charge in [0.2, 0.25) is 0 Å². The molecule has 1 aromatic heterocycles. The molecule has 18 heavy (non-hydrogen) atoms. The molecular formula is C13H20N2O2S. The van der Waals surface area contributed by atoms with Crippen LogP contribution in [-0.4, -0.2) is 36.9 Å². The van der Waals surface area contributed by atoms with Crippen molar-refractivity contribution in [3.05, 3.63) is 16.1 Å². The van der Waals surface area contributed by atoms with Crippen molar-refractivity contribution in [2.24, 2.45) is 5.92 Å². The fourth-order valence-electron chi connectivity index (χ4n) is 2.83. The van der Waals surface area contributed by atoms with Gasteiger partial charge in [-0.1, -0.05) is 0 Å². The third kappa shape index (κ3) is 2.45. The summed E-state index contributed by atoms with van der Waals surface area (Å²) >= 11 is 1.68. The maximum Gasteiger partial charge on any atom is 0.0959 e. The zero-order chi connectivity index (χ0) is 12.4. The molecule has 0 saturated carbocycles. The average Bonchev–Trinajstić information content (AvgIpc) is 2.90. The highest BCUT2D eigenvalue weighted by Crippen LogP contribution is 2.37. The smallest absolute Gasteiger partial charge is 0.0959 e. The summed E-state index contributed by atoms with van der Waals surface area (Å²) in [5.41, 5.74) is 1.20. The lowest BCUT2D eigenvalue weighted by molar-refractivity contribution is -0.0675. The number of rotatable bonds is 5. The summed E-state index contributed by atoms with van der Waals surface area (Å²) in [4.78, 5) is 4.39. The molecular weight excluding hydrogens is 248 g/mol. The van der Waals surface area contributed by atoms with Gasteiger partial charge in [-0.05, 0) is 25.7 Å². The topological polar surface area (TPSA) is 43.4 Å². The molecule has 2 saturated heterocycles. The molecule has 1 N–H and O–H groups in total. The summed E-state index contributed by atoms with van der Waals surface area (Å²) in [5, 5.41) is 6.50. The zero-order valence-electron chi connectivity index (χ0n) is 10.8. The van der Waals surface area contributed by atoms with E-state index in [1.807, 2.05) is 6.92 Å². The van der Waals surface area contributed by atoms with Gasteiger partial charge in [0.1, 0.15) is 0 Å². The molecule has 5 heteroatoms. The van der Waals surface area contributed by atoms with Gasteiger partial charge in [-0.2, -0.15) is 0 Å². The van der Waals surface area contributed by atoms with E-state index in [9.17, 15) is 0 Å². The van der Waals surface area contributed by atoms with Crippen molar-refractivity contribution < 1.29 is 9.47 Å². The van der Waals surface area contributed by atoms with Crippen molar-refractivity contribution in [3.8, 4) is 0 Å². The molecule has 3 heterocycles. The van der Waals surface area contributed by atoms with Gasteiger partial charge in [-0.15, -0.1) is 11.3 Å². The van der Waals surface area contributed by atoms with Crippen molar-refractivity contribution in [2.45, 2.75) is 32.0 Å². The highest BCUT2D eigenvalue weighted by molar-refractivity contribution is 7.09. The third-order valence-corrected chi connectivity index (χ3v) is 4.80. The van der Waals surface area contributed by atoms with Gasteiger partial charge in [0, 0.05) is 31.7 Å². The highest BCUT2D eigenvalue weighted by Gasteiger charge is 2.48. The Labute approximate surface area is 112 Å². The van der Waals surface area contributed by atoms with Crippen molar-refractivity contribution in [3.63, 3.8) is 0 Å². The molecule has 3 rings (SSSR count). The molecule has 2 fully saturated rings. The van der Waals surface area contributed by atoms with E-state index in [-0.39, 0.29) is 5.60 Å². The van der Waals surface area contributed by atoms with Gasteiger partial charge in [0.25, 0.3) is 0 Å². The second kappa shape index (κ2) is 5.25. The Morgan fingerprint density at radius 2 is 2.50 bits per heavy atom. The van der Waals surface area contributed by atoms with Gasteiger partial charge < -0.3 is 14.8 Å². The first kappa shape index (κ1) is 12.5. The van der Waals surface area contributed by atoms with Crippen LogP contribution in [0.15, 0.2) is 5.38 Å². The first-order valence-electron chi connectivity index (χ1n) is 6.62. The standard InChI is InChI=1S/C13H20N2O2S/c1-10-15-12(7-18-10)6-16-4-2-11-3-5-17-13(11)8-14-9-13/h7,11,14H,2-6,8-9H2,1H3. The van der Waals surface area contributed by atoms with Crippen LogP contribution in [0.25, 0.3) is 0 Å². The van der Waals surface area contributed by atoms with Crippen LogP contribution >= 0.6 is 11.3 Å². The van der Waals surface area contributed by atoms with Gasteiger partial charge in [0.05, 0.1) is 22.9 Å². The second-order valence-corrected chi connectivity index (χ2v) is 6.26. The summed E-state index contributed by atoms with van der Waals surface area (Å²) < 4.78 is 11.6. The minimum absolute atomic E-state index is 0.139. The number of nitrogens with zero attached hydrogens (tertiary/aromatic N) is 1. The van der Waals surface area contributed by atoms with Crippen LogP contribution in [0.4, 0.5) is 0 Å². The lowest BCUT2D eigenvalue weighted by Gasteiger charge is -2.43. The minimum Gasteiger partial charge on any atom is -0.375 e. The highest BCUT2D eigenvalue weighted by atomic mass is 32.1. The monoisotopic (exact) mass is 268 g/mol. The molecule has 1 aromatic rings. The molecule has 0 bridgehead atoms. The van der Waals surface area contributed by atoms with E-state index in [0.717, 1.165) is 43.4 Å². The lowest BCUT2D eigenvalue weighted by atomic mass is 9.81. The molecule has 100 valence electrons. The Hall–Kier alpha value is -0.490. The van der Waals surface area contributed by atoms with Gasteiger partial charge in [-0.3, -0.25) is 0 Å². The maximum absolute atomic E-state index is 5.88. The Kier molecular flexibility index (Phi) is 3.66. The molecule has 0 aromatic carbocycles. The average molecular weight is 268 g/mol. The van der Waals surface area contributed by atoms with E-state index >= 15 is 0 Å². The summed E-state index contributed by atoms with van der Waals surface area (Å²) in [5.74, 6) is 0.663. The van der Waals surface area contributed by atoms with E-state index in [1.54, 1.807) is 11.3 Å². The van der Waals surface area contributed by atoms with Crippen LogP contribution in [0.1, 0.15) is 23.5 Å². The van der Waals surface area contributed by atoms with Crippen LogP contribution in [0.2, 0.25) is 0 Å². The molecule has 1 unspecified atom stereocenters. The Balaban J connectivity index is 1.39. The quantitative estimate of drug-likeness (QED) is 0.826. The van der Waals surface area contributed by atoms with Crippen molar-refractivity contribution in [1.29, 1.82) is 0 Å². The van der Waals surface area contributed by atoms with Crippen LogP contribution in [0.3, 0.4) is 0 Å². The van der Waals surface area contributed by atoms with E-state index < -0.39 is 0 Å². The van der Waals surface area contributed by atoms with E-state index in [4.69, 9.17) is 9.47 Å². The molecule has 4 nitrogen and oxygen atoms in total. The van der Waals surface area contributed by atoms with Gasteiger partial charge >= 0.3 is 0 Å². The van der Waals surface area contributed by atoms with Crippen LogP contribution in [0.5, 0.6) is 0 Å². The predicted molar refractivity (Wildman–Crippen MR) is 70.8 cm³/mol. The number of aryl methyl sites for hydroxylation is 1. The normalized spacial score (nSPS) is 25.5. The fourth-order valence-corrected chi connectivity index (χ4v) is 3.43. The summed E-state index contributed by atoms with van der Waals surface area (Å²) in [7, 11) is 0. The molecule has 1 atom stereocenters. The van der Waals surface area contributed by atoms with Crippen LogP contribution in [0, 0.1) is 12.8 Å². The molecule has 2 aliphatic rings. The first-order valence-corrected chi connectivity index (χ1v) is 7.50.